The molecule has 17 heteroatoms. The van der Waals surface area contributed by atoms with Gasteiger partial charge in [-0.25, -0.2) is 0 Å². The highest BCUT2D eigenvalue weighted by Gasteiger charge is 2.48. The number of ether oxygens (including phenoxy) is 4. The number of hydrogen-bond donors (Lipinski definition) is 11. The van der Waals surface area contributed by atoms with Crippen LogP contribution in [0.25, 0.3) is 22.3 Å². The molecule has 10 atom stereocenters. The van der Waals surface area contributed by atoms with Crippen molar-refractivity contribution in [3.63, 3.8) is 0 Å². The minimum Gasteiger partial charge on any atom is -0.507 e. The Labute approximate surface area is 329 Å². The number of aliphatic hydroxyl groups excluding tert-OH is 6. The van der Waals surface area contributed by atoms with E-state index in [0.29, 0.717) is 6.54 Å². The fraction of sp³-hybridized carbons (Fsp3) is 0.625. The SMILES string of the molecule is CCCCCCCCCCCCNCc1c(O)cc(O)c2c(=O)c(O[C@@H]3O[C@H](CO[C@@H]4O[C@@H](C)[C@H](O)[C@@H](O)[C@H]4O)[C@@H](O)[C@H](O)[C@H]3O)c(-c3ccc(O)c(O)c3)oc12. The molecule has 318 valence electrons. The molecule has 17 nitrogen and oxygen atoms in total. The highest BCUT2D eigenvalue weighted by atomic mass is 16.7. The van der Waals surface area contributed by atoms with Gasteiger partial charge in [-0.3, -0.25) is 4.79 Å². The summed E-state index contributed by atoms with van der Waals surface area (Å²) in [6, 6.07) is 4.44. The molecule has 57 heavy (non-hydrogen) atoms. The van der Waals surface area contributed by atoms with Crippen LogP contribution in [0.3, 0.4) is 0 Å². The highest BCUT2D eigenvalue weighted by Crippen LogP contribution is 2.41. The van der Waals surface area contributed by atoms with E-state index in [1.54, 1.807) is 0 Å². The number of aromatic hydroxyl groups is 4. The van der Waals surface area contributed by atoms with Gasteiger partial charge in [-0.15, -0.1) is 0 Å². The van der Waals surface area contributed by atoms with Crippen LogP contribution in [0.1, 0.15) is 83.6 Å². The standard InChI is InChI=1S/C40H57NO16/c1-3-4-5-6-7-8-9-10-11-12-15-41-18-22-24(43)17-26(45)28-31(48)38(36(56-37(22)28)21-13-14-23(42)25(44)16-21)57-40-35(52)33(50)30(47)27(55-40)19-53-39-34(51)32(49)29(46)20(2)54-39/h13-14,16-17,20,27,29-30,32-35,39-47,49-52H,3-12,15,18-19H2,1-2H3/t20-,27+,29-,30+,32+,33-,34+,35+,39+,40-/m0/s1. The van der Waals surface area contributed by atoms with Crippen LogP contribution in [0, 0.1) is 0 Å². The van der Waals surface area contributed by atoms with Crippen LogP contribution in [-0.4, -0.2) is 126 Å². The van der Waals surface area contributed by atoms with Crippen LogP contribution < -0.4 is 15.5 Å². The summed E-state index contributed by atoms with van der Waals surface area (Å²) in [5.74, 6) is -3.19. The summed E-state index contributed by atoms with van der Waals surface area (Å²) in [7, 11) is 0. The highest BCUT2D eigenvalue weighted by molar-refractivity contribution is 5.91. The van der Waals surface area contributed by atoms with E-state index in [1.807, 2.05) is 0 Å². The maximum Gasteiger partial charge on any atom is 0.239 e. The van der Waals surface area contributed by atoms with E-state index in [2.05, 4.69) is 12.2 Å². The van der Waals surface area contributed by atoms with Gasteiger partial charge in [0.1, 0.15) is 59.6 Å². The number of benzene rings is 2. The summed E-state index contributed by atoms with van der Waals surface area (Å²) in [6.07, 6.45) is -4.67. The van der Waals surface area contributed by atoms with Crippen LogP contribution >= 0.6 is 0 Å². The van der Waals surface area contributed by atoms with Crippen molar-refractivity contribution in [3.8, 4) is 40.1 Å². The summed E-state index contributed by atoms with van der Waals surface area (Å²) < 4.78 is 28.8. The Morgan fingerprint density at radius 2 is 1.32 bits per heavy atom. The zero-order valence-electron chi connectivity index (χ0n) is 32.2. The Morgan fingerprint density at radius 1 is 0.684 bits per heavy atom. The first-order valence-corrected chi connectivity index (χ1v) is 19.7. The third-order valence-electron chi connectivity index (χ3n) is 10.6. The van der Waals surface area contributed by atoms with E-state index in [-0.39, 0.29) is 34.8 Å². The number of fused-ring (bicyclic) bond motifs is 1. The van der Waals surface area contributed by atoms with E-state index in [4.69, 9.17) is 23.4 Å². The van der Waals surface area contributed by atoms with Gasteiger partial charge in [0, 0.05) is 18.2 Å². The Morgan fingerprint density at radius 3 is 1.98 bits per heavy atom. The lowest BCUT2D eigenvalue weighted by atomic mass is 9.98. The summed E-state index contributed by atoms with van der Waals surface area (Å²) in [6.45, 7) is 3.65. The number of hydrogen-bond acceptors (Lipinski definition) is 17. The van der Waals surface area contributed by atoms with Gasteiger partial charge < -0.3 is 79.7 Å². The van der Waals surface area contributed by atoms with Crippen molar-refractivity contribution in [2.75, 3.05) is 13.2 Å². The predicted octanol–water partition coefficient (Wildman–Crippen LogP) is 2.32. The smallest absolute Gasteiger partial charge is 0.239 e. The molecule has 0 unspecified atom stereocenters. The summed E-state index contributed by atoms with van der Waals surface area (Å²) >= 11 is 0. The monoisotopic (exact) mass is 807 g/mol. The molecule has 2 aliphatic heterocycles. The van der Waals surface area contributed by atoms with Gasteiger partial charge in [0.2, 0.25) is 17.5 Å². The third kappa shape index (κ3) is 10.5. The van der Waals surface area contributed by atoms with Gasteiger partial charge >= 0.3 is 0 Å². The van der Waals surface area contributed by atoms with Crippen LogP contribution in [0.2, 0.25) is 0 Å². The van der Waals surface area contributed by atoms with Gasteiger partial charge in [-0.2, -0.15) is 0 Å². The van der Waals surface area contributed by atoms with Gasteiger partial charge in [0.25, 0.3) is 0 Å². The molecule has 2 aliphatic rings. The number of phenols is 4. The number of phenolic OH excluding ortho intramolecular Hbond substituents is 4. The quantitative estimate of drug-likeness (QED) is 0.0612. The molecule has 11 N–H and O–H groups in total. The molecule has 0 radical (unpaired) electrons. The van der Waals surface area contributed by atoms with E-state index in [9.17, 15) is 55.9 Å². The molecule has 0 bridgehead atoms. The van der Waals surface area contributed by atoms with Crippen LogP contribution in [-0.2, 0) is 20.8 Å². The lowest BCUT2D eigenvalue weighted by Crippen LogP contribution is -2.61. The van der Waals surface area contributed by atoms with E-state index >= 15 is 0 Å². The van der Waals surface area contributed by atoms with Gasteiger partial charge in [0.15, 0.2) is 29.1 Å². The summed E-state index contributed by atoms with van der Waals surface area (Å²) in [5, 5.41) is 108. The number of rotatable bonds is 19. The average Bonchev–Trinajstić information content (AvgIpc) is 3.18. The normalized spacial score (nSPS) is 27.9. The second-order valence-corrected chi connectivity index (χ2v) is 14.9. The number of nitrogens with one attached hydrogen (secondary N) is 1. The molecule has 3 aromatic rings. The Bertz CT molecular complexity index is 1820. The lowest BCUT2D eigenvalue weighted by Gasteiger charge is -2.42. The molecule has 1 aromatic heterocycles. The van der Waals surface area contributed by atoms with Crippen molar-refractivity contribution in [3.05, 3.63) is 40.1 Å². The minimum absolute atomic E-state index is 0.0181. The van der Waals surface area contributed by atoms with Gasteiger partial charge in [-0.05, 0) is 38.1 Å². The second kappa shape index (κ2) is 20.3. The molecule has 2 aromatic carbocycles. The van der Waals surface area contributed by atoms with Crippen molar-refractivity contribution in [2.24, 2.45) is 0 Å². The first kappa shape index (κ1) is 44.4. The molecule has 0 spiro atoms. The molecule has 2 saturated heterocycles. The van der Waals surface area contributed by atoms with Crippen LogP contribution in [0.15, 0.2) is 33.5 Å². The van der Waals surface area contributed by atoms with E-state index < -0.39 is 102 Å². The van der Waals surface area contributed by atoms with Crippen molar-refractivity contribution in [2.45, 2.75) is 146 Å². The molecule has 0 amide bonds. The van der Waals surface area contributed by atoms with Crippen molar-refractivity contribution < 1.29 is 74.4 Å². The Hall–Kier alpha value is -3.75. The Balaban J connectivity index is 1.38. The van der Waals surface area contributed by atoms with E-state index in [1.165, 1.54) is 51.5 Å². The van der Waals surface area contributed by atoms with Crippen molar-refractivity contribution in [1.29, 1.82) is 0 Å². The van der Waals surface area contributed by atoms with Gasteiger partial charge in [0.05, 0.1) is 18.3 Å². The summed E-state index contributed by atoms with van der Waals surface area (Å²) in [4.78, 5) is 14.3. The molecule has 0 saturated carbocycles. The Kier molecular flexibility index (Phi) is 15.8. The third-order valence-corrected chi connectivity index (χ3v) is 10.6. The molecule has 2 fully saturated rings. The molecular weight excluding hydrogens is 750 g/mol. The second-order valence-electron chi connectivity index (χ2n) is 14.9. The van der Waals surface area contributed by atoms with Crippen LogP contribution in [0.4, 0.5) is 0 Å². The molecule has 3 heterocycles. The van der Waals surface area contributed by atoms with Gasteiger partial charge in [-0.1, -0.05) is 64.7 Å². The fourth-order valence-corrected chi connectivity index (χ4v) is 7.06. The van der Waals surface area contributed by atoms with E-state index in [0.717, 1.165) is 43.9 Å². The molecule has 0 aliphatic carbocycles. The predicted molar refractivity (Wildman–Crippen MR) is 204 cm³/mol. The minimum atomic E-state index is -1.99. The zero-order chi connectivity index (χ0) is 41.4. The van der Waals surface area contributed by atoms with Crippen LogP contribution in [0.5, 0.6) is 28.7 Å². The fourth-order valence-electron chi connectivity index (χ4n) is 7.06. The average molecular weight is 808 g/mol. The van der Waals surface area contributed by atoms with Crippen molar-refractivity contribution >= 4 is 11.0 Å². The maximum absolute atomic E-state index is 14.3. The maximum atomic E-state index is 14.3. The lowest BCUT2D eigenvalue weighted by molar-refractivity contribution is -0.318. The summed E-state index contributed by atoms with van der Waals surface area (Å²) in [5.41, 5.74) is -1.11. The first-order valence-electron chi connectivity index (χ1n) is 19.7. The molecule has 5 rings (SSSR count). The molecular formula is C40H57NO16. The first-order chi connectivity index (χ1) is 27.2. The van der Waals surface area contributed by atoms with Crippen molar-refractivity contribution in [1.82, 2.24) is 5.32 Å². The zero-order valence-corrected chi connectivity index (χ0v) is 32.2. The number of unbranched alkanes of at least 4 members (excludes halogenated alkanes) is 9. The number of aliphatic hydroxyl groups is 6. The topological polar surface area (TPSA) is 281 Å². The largest absolute Gasteiger partial charge is 0.507 e.